The minimum absolute atomic E-state index is 0.0695. The molecule has 1 amide bonds. The SMILES string of the molecule is CC(C)C(C(N)=O)N1CCC[C@H]1C(=O)OCc1ccccc1. The highest BCUT2D eigenvalue weighted by atomic mass is 16.5. The molecular weight excluding hydrogens is 280 g/mol. The monoisotopic (exact) mass is 304 g/mol. The lowest BCUT2D eigenvalue weighted by atomic mass is 10.0. The molecule has 2 rings (SSSR count). The van der Waals surface area contributed by atoms with Crippen LogP contribution in [0.3, 0.4) is 0 Å². The summed E-state index contributed by atoms with van der Waals surface area (Å²) in [6, 6.07) is 8.78. The highest BCUT2D eigenvalue weighted by Crippen LogP contribution is 2.25. The van der Waals surface area contributed by atoms with E-state index in [1.807, 2.05) is 49.1 Å². The van der Waals surface area contributed by atoms with Crippen molar-refractivity contribution in [2.24, 2.45) is 11.7 Å². The number of rotatable bonds is 6. The number of nitrogens with zero attached hydrogens (tertiary/aromatic N) is 1. The molecule has 1 aliphatic rings. The molecule has 1 unspecified atom stereocenters. The maximum Gasteiger partial charge on any atom is 0.323 e. The van der Waals surface area contributed by atoms with Crippen LogP contribution in [0.25, 0.3) is 0 Å². The van der Waals surface area contributed by atoms with Crippen LogP contribution in [-0.2, 0) is 20.9 Å². The van der Waals surface area contributed by atoms with Gasteiger partial charge in [-0.1, -0.05) is 44.2 Å². The maximum absolute atomic E-state index is 12.4. The van der Waals surface area contributed by atoms with Gasteiger partial charge in [0.05, 0.1) is 6.04 Å². The summed E-state index contributed by atoms with van der Waals surface area (Å²) in [6.45, 7) is 4.85. The van der Waals surface area contributed by atoms with Crippen molar-refractivity contribution in [3.8, 4) is 0 Å². The van der Waals surface area contributed by atoms with Crippen LogP contribution in [0.1, 0.15) is 32.3 Å². The lowest BCUT2D eigenvalue weighted by molar-refractivity contribution is -0.152. The fraction of sp³-hybridized carbons (Fsp3) is 0.529. The Morgan fingerprint density at radius 3 is 2.59 bits per heavy atom. The van der Waals surface area contributed by atoms with Gasteiger partial charge in [0, 0.05) is 0 Å². The van der Waals surface area contributed by atoms with E-state index in [4.69, 9.17) is 10.5 Å². The van der Waals surface area contributed by atoms with Crippen LogP contribution in [0.15, 0.2) is 30.3 Å². The van der Waals surface area contributed by atoms with Crippen LogP contribution in [0.2, 0.25) is 0 Å². The molecule has 0 aromatic heterocycles. The third-order valence-electron chi connectivity index (χ3n) is 4.07. The molecule has 1 aromatic carbocycles. The molecule has 0 spiro atoms. The smallest absolute Gasteiger partial charge is 0.323 e. The van der Waals surface area contributed by atoms with Crippen LogP contribution in [0.5, 0.6) is 0 Å². The van der Waals surface area contributed by atoms with Gasteiger partial charge in [0.1, 0.15) is 12.6 Å². The standard InChI is InChI=1S/C17H24N2O3/c1-12(2)15(16(18)20)19-10-6-9-14(19)17(21)22-11-13-7-4-3-5-8-13/h3-5,7-8,12,14-15H,6,9-11H2,1-2H3,(H2,18,20)/t14-,15?/m0/s1. The van der Waals surface area contributed by atoms with Crippen LogP contribution in [0, 0.1) is 5.92 Å². The zero-order valence-electron chi connectivity index (χ0n) is 13.2. The number of carbonyl (C=O) groups is 2. The molecule has 22 heavy (non-hydrogen) atoms. The summed E-state index contributed by atoms with van der Waals surface area (Å²) in [6.07, 6.45) is 1.59. The van der Waals surface area contributed by atoms with Crippen LogP contribution < -0.4 is 5.73 Å². The van der Waals surface area contributed by atoms with Crippen LogP contribution in [-0.4, -0.2) is 35.4 Å². The number of hydrogen-bond donors (Lipinski definition) is 1. The predicted octanol–water partition coefficient (Wildman–Crippen LogP) is 1.70. The first-order chi connectivity index (χ1) is 10.5. The summed E-state index contributed by atoms with van der Waals surface area (Å²) < 4.78 is 5.42. The molecule has 1 heterocycles. The van der Waals surface area contributed by atoms with E-state index in [-0.39, 0.29) is 30.4 Å². The first-order valence-electron chi connectivity index (χ1n) is 7.76. The summed E-state index contributed by atoms with van der Waals surface area (Å²) in [4.78, 5) is 26.0. The second-order valence-electron chi connectivity index (χ2n) is 6.08. The number of likely N-dealkylation sites (tertiary alicyclic amines) is 1. The van der Waals surface area contributed by atoms with Gasteiger partial charge < -0.3 is 10.5 Å². The normalized spacial score (nSPS) is 20.0. The van der Waals surface area contributed by atoms with E-state index >= 15 is 0 Å². The molecule has 1 fully saturated rings. The molecular formula is C17H24N2O3. The Labute approximate surface area is 131 Å². The summed E-state index contributed by atoms with van der Waals surface area (Å²) in [7, 11) is 0. The van der Waals surface area contributed by atoms with Crippen molar-refractivity contribution in [3.63, 3.8) is 0 Å². The molecule has 0 bridgehead atoms. The lowest BCUT2D eigenvalue weighted by Gasteiger charge is -2.32. The van der Waals surface area contributed by atoms with Crippen molar-refractivity contribution in [1.82, 2.24) is 4.90 Å². The molecule has 1 saturated heterocycles. The fourth-order valence-electron chi connectivity index (χ4n) is 3.07. The van der Waals surface area contributed by atoms with Crippen molar-refractivity contribution in [2.75, 3.05) is 6.54 Å². The molecule has 120 valence electrons. The maximum atomic E-state index is 12.4. The highest BCUT2D eigenvalue weighted by Gasteiger charge is 2.39. The summed E-state index contributed by atoms with van der Waals surface area (Å²) in [5.41, 5.74) is 6.47. The fourth-order valence-corrected chi connectivity index (χ4v) is 3.07. The molecule has 2 N–H and O–H groups in total. The van der Waals surface area contributed by atoms with Crippen molar-refractivity contribution >= 4 is 11.9 Å². The molecule has 1 aromatic rings. The zero-order chi connectivity index (χ0) is 16.1. The van der Waals surface area contributed by atoms with Crippen LogP contribution >= 0.6 is 0 Å². The molecule has 0 radical (unpaired) electrons. The number of benzene rings is 1. The average Bonchev–Trinajstić information content (AvgIpc) is 2.94. The van der Waals surface area contributed by atoms with Gasteiger partial charge in [0.25, 0.3) is 0 Å². The molecule has 5 nitrogen and oxygen atoms in total. The molecule has 5 heteroatoms. The zero-order valence-corrected chi connectivity index (χ0v) is 13.2. The number of carbonyl (C=O) groups excluding carboxylic acids is 2. The second kappa shape index (κ2) is 7.40. The molecule has 2 atom stereocenters. The Kier molecular flexibility index (Phi) is 5.55. The summed E-state index contributed by atoms with van der Waals surface area (Å²) >= 11 is 0. The lowest BCUT2D eigenvalue weighted by Crippen LogP contribution is -2.52. The van der Waals surface area contributed by atoms with Gasteiger partial charge in [0.15, 0.2) is 0 Å². The quantitative estimate of drug-likeness (QED) is 0.812. The van der Waals surface area contributed by atoms with Crippen molar-refractivity contribution in [2.45, 2.75) is 45.4 Å². The van der Waals surface area contributed by atoms with Gasteiger partial charge in [-0.25, -0.2) is 0 Å². The molecule has 0 saturated carbocycles. The number of hydrogen-bond acceptors (Lipinski definition) is 4. The van der Waals surface area contributed by atoms with Gasteiger partial charge in [0.2, 0.25) is 5.91 Å². The van der Waals surface area contributed by atoms with E-state index in [2.05, 4.69) is 0 Å². The topological polar surface area (TPSA) is 72.6 Å². The Bertz CT molecular complexity index is 516. The summed E-state index contributed by atoms with van der Waals surface area (Å²) in [5.74, 6) is -0.578. The largest absolute Gasteiger partial charge is 0.460 e. The van der Waals surface area contributed by atoms with Crippen LogP contribution in [0.4, 0.5) is 0 Å². The van der Waals surface area contributed by atoms with E-state index in [1.54, 1.807) is 0 Å². The van der Waals surface area contributed by atoms with Gasteiger partial charge in [-0.3, -0.25) is 14.5 Å². The first kappa shape index (κ1) is 16.5. The van der Waals surface area contributed by atoms with E-state index in [0.29, 0.717) is 13.0 Å². The van der Waals surface area contributed by atoms with E-state index in [9.17, 15) is 9.59 Å². The first-order valence-corrected chi connectivity index (χ1v) is 7.76. The third-order valence-corrected chi connectivity index (χ3v) is 4.07. The number of amides is 1. The predicted molar refractivity (Wildman–Crippen MR) is 83.8 cm³/mol. The number of esters is 1. The Morgan fingerprint density at radius 2 is 2.00 bits per heavy atom. The minimum atomic E-state index is -0.420. The number of primary amides is 1. The Balaban J connectivity index is 2.00. The summed E-state index contributed by atoms with van der Waals surface area (Å²) in [5, 5.41) is 0. The van der Waals surface area contributed by atoms with E-state index in [1.165, 1.54) is 0 Å². The minimum Gasteiger partial charge on any atom is -0.460 e. The van der Waals surface area contributed by atoms with Crippen molar-refractivity contribution in [1.29, 1.82) is 0 Å². The van der Waals surface area contributed by atoms with E-state index < -0.39 is 6.04 Å². The van der Waals surface area contributed by atoms with Gasteiger partial charge in [-0.15, -0.1) is 0 Å². The van der Waals surface area contributed by atoms with Gasteiger partial charge in [-0.05, 0) is 30.9 Å². The molecule has 0 aliphatic carbocycles. The third kappa shape index (κ3) is 3.85. The molecule has 1 aliphatic heterocycles. The van der Waals surface area contributed by atoms with Crippen molar-refractivity contribution in [3.05, 3.63) is 35.9 Å². The van der Waals surface area contributed by atoms with Gasteiger partial charge in [-0.2, -0.15) is 0 Å². The second-order valence-corrected chi connectivity index (χ2v) is 6.08. The van der Waals surface area contributed by atoms with Gasteiger partial charge >= 0.3 is 5.97 Å². The highest BCUT2D eigenvalue weighted by molar-refractivity contribution is 5.82. The number of ether oxygens (including phenoxy) is 1. The van der Waals surface area contributed by atoms with E-state index in [0.717, 1.165) is 12.0 Å². The Morgan fingerprint density at radius 1 is 1.32 bits per heavy atom. The number of nitrogens with two attached hydrogens (primary N) is 1. The Hall–Kier alpha value is -1.88. The average molecular weight is 304 g/mol. The van der Waals surface area contributed by atoms with Crippen molar-refractivity contribution < 1.29 is 14.3 Å².